The Morgan fingerprint density at radius 1 is 1.40 bits per heavy atom. The van der Waals surface area contributed by atoms with Crippen LogP contribution in [0.3, 0.4) is 0 Å². The van der Waals surface area contributed by atoms with Gasteiger partial charge in [0.2, 0.25) is 5.95 Å². The molecule has 6 heteroatoms. The third-order valence-corrected chi connectivity index (χ3v) is 5.03. The number of aryl methyl sites for hydroxylation is 1. The largest absolute Gasteiger partial charge is 0.391 e. The molecule has 1 saturated carbocycles. The molecule has 2 atom stereocenters. The third-order valence-electron chi connectivity index (χ3n) is 3.86. The molecule has 0 bridgehead atoms. The molecule has 2 aromatic rings. The second-order valence-corrected chi connectivity index (χ2v) is 6.43. The summed E-state index contributed by atoms with van der Waals surface area (Å²) < 4.78 is 0. The summed E-state index contributed by atoms with van der Waals surface area (Å²) in [7, 11) is 0. The van der Waals surface area contributed by atoms with Gasteiger partial charge in [-0.25, -0.2) is 4.98 Å². The number of aliphatic hydroxyl groups excluding tert-OH is 1. The van der Waals surface area contributed by atoms with Crippen LogP contribution in [-0.4, -0.2) is 27.2 Å². The first kappa shape index (κ1) is 13.6. The van der Waals surface area contributed by atoms with Gasteiger partial charge in [-0.2, -0.15) is 4.98 Å². The number of hydrogen-bond acceptors (Lipinski definition) is 6. The molecule has 0 aliphatic heterocycles. The molecule has 0 saturated heterocycles. The van der Waals surface area contributed by atoms with Crippen LogP contribution in [0, 0.1) is 0 Å². The van der Waals surface area contributed by atoms with Crippen molar-refractivity contribution >= 4 is 33.3 Å². The van der Waals surface area contributed by atoms with E-state index in [-0.39, 0.29) is 18.1 Å². The fourth-order valence-electron chi connectivity index (χ4n) is 2.73. The van der Waals surface area contributed by atoms with E-state index in [4.69, 9.17) is 5.73 Å². The zero-order valence-corrected chi connectivity index (χ0v) is 12.4. The minimum atomic E-state index is -0.306. The smallest absolute Gasteiger partial charge is 0.223 e. The Bertz CT molecular complexity index is 612. The Morgan fingerprint density at radius 3 is 2.95 bits per heavy atom. The highest BCUT2D eigenvalue weighted by Crippen LogP contribution is 2.31. The van der Waals surface area contributed by atoms with E-state index < -0.39 is 0 Å². The van der Waals surface area contributed by atoms with Gasteiger partial charge < -0.3 is 16.2 Å². The first-order valence-corrected chi connectivity index (χ1v) is 7.99. The molecule has 1 aliphatic carbocycles. The number of nitrogens with zero attached hydrogens (tertiary/aromatic N) is 2. The van der Waals surface area contributed by atoms with Crippen molar-refractivity contribution < 1.29 is 5.11 Å². The van der Waals surface area contributed by atoms with E-state index in [1.165, 1.54) is 4.88 Å². The lowest BCUT2D eigenvalue weighted by Gasteiger charge is -2.28. The fourth-order valence-corrected chi connectivity index (χ4v) is 3.70. The van der Waals surface area contributed by atoms with E-state index in [2.05, 4.69) is 28.3 Å². The van der Waals surface area contributed by atoms with Gasteiger partial charge in [0.1, 0.15) is 10.6 Å². The first-order valence-electron chi connectivity index (χ1n) is 7.18. The number of thiophene rings is 1. The summed E-state index contributed by atoms with van der Waals surface area (Å²) in [5.41, 5.74) is 5.80. The van der Waals surface area contributed by atoms with Crippen molar-refractivity contribution in [3.05, 3.63) is 10.9 Å². The minimum absolute atomic E-state index is 0.0613. The predicted octanol–water partition coefficient (Wildman–Crippen LogP) is 2.55. The third kappa shape index (κ3) is 2.58. The number of aliphatic hydroxyl groups is 1. The van der Waals surface area contributed by atoms with Gasteiger partial charge in [0.15, 0.2) is 0 Å². The molecule has 0 amide bonds. The number of fused-ring (bicyclic) bond motifs is 1. The molecule has 4 N–H and O–H groups in total. The van der Waals surface area contributed by atoms with E-state index in [0.717, 1.165) is 48.1 Å². The molecular formula is C14H20N4OS. The van der Waals surface area contributed by atoms with Gasteiger partial charge in [-0.15, -0.1) is 11.3 Å². The zero-order valence-electron chi connectivity index (χ0n) is 11.6. The molecule has 0 aromatic carbocycles. The van der Waals surface area contributed by atoms with Gasteiger partial charge in [0.25, 0.3) is 0 Å². The number of rotatable bonds is 3. The Kier molecular flexibility index (Phi) is 3.76. The molecule has 0 radical (unpaired) electrons. The summed E-state index contributed by atoms with van der Waals surface area (Å²) in [6.45, 7) is 2.12. The van der Waals surface area contributed by atoms with Crippen molar-refractivity contribution in [1.82, 2.24) is 9.97 Å². The van der Waals surface area contributed by atoms with Crippen LogP contribution in [0.5, 0.6) is 0 Å². The number of hydrogen-bond donors (Lipinski definition) is 3. The van der Waals surface area contributed by atoms with Gasteiger partial charge in [-0.05, 0) is 25.3 Å². The van der Waals surface area contributed by atoms with Crippen molar-refractivity contribution in [2.75, 3.05) is 11.1 Å². The van der Waals surface area contributed by atoms with E-state index in [0.29, 0.717) is 0 Å². The molecule has 0 spiro atoms. The van der Waals surface area contributed by atoms with Crippen molar-refractivity contribution in [2.24, 2.45) is 0 Å². The Balaban J connectivity index is 1.95. The molecule has 5 nitrogen and oxygen atoms in total. The fraction of sp³-hybridized carbons (Fsp3) is 0.571. The summed E-state index contributed by atoms with van der Waals surface area (Å²) >= 11 is 1.65. The van der Waals surface area contributed by atoms with Crippen LogP contribution in [0.4, 0.5) is 11.8 Å². The maximum Gasteiger partial charge on any atom is 0.223 e. The van der Waals surface area contributed by atoms with Gasteiger partial charge in [-0.1, -0.05) is 19.8 Å². The van der Waals surface area contributed by atoms with Crippen LogP contribution in [0.2, 0.25) is 0 Å². The molecule has 108 valence electrons. The summed E-state index contributed by atoms with van der Waals surface area (Å²) in [6.07, 6.45) is 4.73. The highest BCUT2D eigenvalue weighted by atomic mass is 32.1. The van der Waals surface area contributed by atoms with Crippen molar-refractivity contribution in [3.63, 3.8) is 0 Å². The van der Waals surface area contributed by atoms with Crippen molar-refractivity contribution in [2.45, 2.75) is 51.2 Å². The van der Waals surface area contributed by atoms with E-state index in [9.17, 15) is 5.11 Å². The lowest BCUT2D eigenvalue weighted by molar-refractivity contribution is 0.116. The minimum Gasteiger partial charge on any atom is -0.391 e. The van der Waals surface area contributed by atoms with Crippen molar-refractivity contribution in [3.8, 4) is 0 Å². The lowest BCUT2D eigenvalue weighted by atomic mass is 9.92. The topological polar surface area (TPSA) is 84.1 Å². The summed E-state index contributed by atoms with van der Waals surface area (Å²) in [4.78, 5) is 10.8. The van der Waals surface area contributed by atoms with Crippen molar-refractivity contribution in [1.29, 1.82) is 0 Å². The lowest BCUT2D eigenvalue weighted by Crippen LogP contribution is -2.36. The van der Waals surface area contributed by atoms with Gasteiger partial charge in [0.05, 0.1) is 17.5 Å². The molecule has 2 heterocycles. The maximum atomic E-state index is 10.1. The molecule has 3 rings (SSSR count). The first-order chi connectivity index (χ1) is 9.67. The normalized spacial score (nSPS) is 23.1. The number of nitrogens with two attached hydrogens (primary N) is 1. The number of aromatic nitrogens is 2. The molecule has 20 heavy (non-hydrogen) atoms. The quantitative estimate of drug-likeness (QED) is 0.809. The standard InChI is InChI=1S/C14H20N4OS/c1-2-8-7-9-12(17-14(15)18-13(9)20-8)16-10-5-3-4-6-11(10)19/h7,10-11,19H,2-6H2,1H3,(H3,15,16,17,18). The van der Waals surface area contributed by atoms with Gasteiger partial charge in [0, 0.05) is 4.88 Å². The Hall–Kier alpha value is -1.40. The van der Waals surface area contributed by atoms with Crippen LogP contribution >= 0.6 is 11.3 Å². The number of nitrogens with one attached hydrogen (secondary N) is 1. The average Bonchev–Trinajstić information content (AvgIpc) is 2.84. The van der Waals surface area contributed by atoms with Crippen LogP contribution in [0.15, 0.2) is 6.07 Å². The second-order valence-electron chi connectivity index (χ2n) is 5.32. The Morgan fingerprint density at radius 2 is 2.20 bits per heavy atom. The SMILES string of the molecule is CCc1cc2c(NC3CCCCC3O)nc(N)nc2s1. The second kappa shape index (κ2) is 5.54. The monoisotopic (exact) mass is 292 g/mol. The van der Waals surface area contributed by atoms with Crippen LogP contribution in [0.25, 0.3) is 10.2 Å². The van der Waals surface area contributed by atoms with Crippen LogP contribution < -0.4 is 11.1 Å². The average molecular weight is 292 g/mol. The highest BCUT2D eigenvalue weighted by molar-refractivity contribution is 7.18. The molecule has 2 unspecified atom stereocenters. The van der Waals surface area contributed by atoms with E-state index >= 15 is 0 Å². The van der Waals surface area contributed by atoms with Gasteiger partial charge >= 0.3 is 0 Å². The summed E-state index contributed by atoms with van der Waals surface area (Å²) in [5, 5.41) is 14.5. The van der Waals surface area contributed by atoms with E-state index in [1.807, 2.05) is 0 Å². The molecule has 1 aliphatic rings. The maximum absolute atomic E-state index is 10.1. The Labute approximate surface area is 122 Å². The molecule has 1 fully saturated rings. The van der Waals surface area contributed by atoms with Crippen LogP contribution in [0.1, 0.15) is 37.5 Å². The predicted molar refractivity (Wildman–Crippen MR) is 83.1 cm³/mol. The summed E-state index contributed by atoms with van der Waals surface area (Å²) in [5.74, 6) is 1.05. The van der Waals surface area contributed by atoms with Gasteiger partial charge in [-0.3, -0.25) is 0 Å². The highest BCUT2D eigenvalue weighted by Gasteiger charge is 2.24. The number of anilines is 2. The summed E-state index contributed by atoms with van der Waals surface area (Å²) in [6, 6.07) is 2.18. The molecular weight excluding hydrogens is 272 g/mol. The molecule has 2 aromatic heterocycles. The van der Waals surface area contributed by atoms with E-state index in [1.54, 1.807) is 11.3 Å². The zero-order chi connectivity index (χ0) is 14.1. The number of nitrogen functional groups attached to an aromatic ring is 1. The van der Waals surface area contributed by atoms with Crippen LogP contribution in [-0.2, 0) is 6.42 Å².